The van der Waals surface area contributed by atoms with Crippen LogP contribution in [0.3, 0.4) is 0 Å². The summed E-state index contributed by atoms with van der Waals surface area (Å²) in [5, 5.41) is 3.28. The molecular weight excluding hydrogens is 229 g/mol. The monoisotopic (exact) mass is 253 g/mol. The average molecular weight is 253 g/mol. The minimum atomic E-state index is -0.277. The van der Waals surface area contributed by atoms with Crippen LogP contribution in [0.4, 0.5) is 4.39 Å². The number of rotatable bonds is 7. The molecule has 2 nitrogen and oxygen atoms in total. The third-order valence-electron chi connectivity index (χ3n) is 2.96. The van der Waals surface area contributed by atoms with Crippen LogP contribution in [0, 0.1) is 11.7 Å². The summed E-state index contributed by atoms with van der Waals surface area (Å²) in [6.07, 6.45) is 1.04. The van der Waals surface area contributed by atoms with Gasteiger partial charge in [-0.25, -0.2) is 4.39 Å². The van der Waals surface area contributed by atoms with Gasteiger partial charge in [-0.2, -0.15) is 0 Å². The van der Waals surface area contributed by atoms with Crippen LogP contribution >= 0.6 is 0 Å². The van der Waals surface area contributed by atoms with Gasteiger partial charge in [0, 0.05) is 18.2 Å². The molecule has 0 aliphatic rings. The van der Waals surface area contributed by atoms with Crippen molar-refractivity contribution in [1.29, 1.82) is 0 Å². The Bertz CT molecular complexity index is 366. The first kappa shape index (κ1) is 15.0. The minimum absolute atomic E-state index is 0.277. The van der Waals surface area contributed by atoms with Crippen molar-refractivity contribution in [3.8, 4) is 5.75 Å². The van der Waals surface area contributed by atoms with Crippen molar-refractivity contribution >= 4 is 0 Å². The lowest BCUT2D eigenvalue weighted by molar-refractivity contribution is 0.243. The molecule has 0 aromatic heterocycles. The van der Waals surface area contributed by atoms with E-state index in [1.807, 2.05) is 6.07 Å². The second kappa shape index (κ2) is 7.37. The maximum absolute atomic E-state index is 13.8. The first-order valence-corrected chi connectivity index (χ1v) is 6.68. The van der Waals surface area contributed by atoms with Crippen molar-refractivity contribution < 1.29 is 9.13 Å². The fourth-order valence-corrected chi connectivity index (χ4v) is 1.51. The van der Waals surface area contributed by atoms with Crippen LogP contribution in [0.1, 0.15) is 39.7 Å². The molecule has 102 valence electrons. The topological polar surface area (TPSA) is 21.3 Å². The van der Waals surface area contributed by atoms with Gasteiger partial charge in [-0.3, -0.25) is 0 Å². The Kier molecular flexibility index (Phi) is 6.13. The van der Waals surface area contributed by atoms with E-state index in [2.05, 4.69) is 33.0 Å². The third-order valence-corrected chi connectivity index (χ3v) is 2.96. The van der Waals surface area contributed by atoms with Crippen LogP contribution < -0.4 is 10.1 Å². The quantitative estimate of drug-likeness (QED) is 0.799. The predicted octanol–water partition coefficient (Wildman–Crippen LogP) is 3.75. The highest BCUT2D eigenvalue weighted by Gasteiger charge is 2.11. The van der Waals surface area contributed by atoms with Gasteiger partial charge in [0.25, 0.3) is 0 Å². The van der Waals surface area contributed by atoms with Crippen LogP contribution in [0.5, 0.6) is 5.75 Å². The molecule has 1 N–H and O–H groups in total. The first-order chi connectivity index (χ1) is 8.54. The van der Waals surface area contributed by atoms with E-state index < -0.39 is 0 Å². The molecule has 1 unspecified atom stereocenters. The number of halogens is 1. The van der Waals surface area contributed by atoms with Crippen molar-refractivity contribution in [3.05, 3.63) is 29.6 Å². The molecule has 0 amide bonds. The van der Waals surface area contributed by atoms with Crippen LogP contribution in [-0.4, -0.2) is 12.6 Å². The summed E-state index contributed by atoms with van der Waals surface area (Å²) in [5.41, 5.74) is 0.881. The molecule has 0 spiro atoms. The van der Waals surface area contributed by atoms with E-state index in [-0.39, 0.29) is 5.82 Å². The van der Waals surface area contributed by atoms with Gasteiger partial charge in [-0.15, -0.1) is 0 Å². The molecule has 0 fully saturated rings. The largest absolute Gasteiger partial charge is 0.490 e. The Labute approximate surface area is 110 Å². The molecule has 18 heavy (non-hydrogen) atoms. The first-order valence-electron chi connectivity index (χ1n) is 6.68. The average Bonchev–Trinajstić information content (AvgIpc) is 2.34. The molecule has 0 aliphatic carbocycles. The van der Waals surface area contributed by atoms with Crippen LogP contribution in [0.2, 0.25) is 0 Å². The minimum Gasteiger partial charge on any atom is -0.490 e. The summed E-state index contributed by atoms with van der Waals surface area (Å²) in [6, 6.07) is 5.45. The SMILES string of the molecule is CCC(C)COc1c(F)cccc1CNC(C)C. The van der Waals surface area contributed by atoms with Gasteiger partial charge in [0.15, 0.2) is 11.6 Å². The standard InChI is InChI=1S/C15H24FNO/c1-5-12(4)10-18-15-13(9-17-11(2)3)7-6-8-14(15)16/h6-8,11-12,17H,5,9-10H2,1-4H3. The fraction of sp³-hybridized carbons (Fsp3) is 0.600. The normalized spacial score (nSPS) is 12.8. The number of hydrogen-bond acceptors (Lipinski definition) is 2. The smallest absolute Gasteiger partial charge is 0.165 e. The lowest BCUT2D eigenvalue weighted by atomic mass is 10.1. The van der Waals surface area contributed by atoms with E-state index in [1.165, 1.54) is 6.07 Å². The molecule has 1 aromatic carbocycles. The highest BCUT2D eigenvalue weighted by molar-refractivity contribution is 5.35. The van der Waals surface area contributed by atoms with Gasteiger partial charge in [0.1, 0.15) is 0 Å². The van der Waals surface area contributed by atoms with Crippen molar-refractivity contribution in [2.75, 3.05) is 6.61 Å². The van der Waals surface area contributed by atoms with Gasteiger partial charge in [-0.1, -0.05) is 46.2 Å². The van der Waals surface area contributed by atoms with Crippen molar-refractivity contribution in [2.45, 2.75) is 46.7 Å². The molecule has 0 bridgehead atoms. The van der Waals surface area contributed by atoms with Crippen LogP contribution in [0.15, 0.2) is 18.2 Å². The van der Waals surface area contributed by atoms with Crippen molar-refractivity contribution in [2.24, 2.45) is 5.92 Å². The van der Waals surface area contributed by atoms with Gasteiger partial charge in [-0.05, 0) is 12.0 Å². The molecule has 1 rings (SSSR count). The summed E-state index contributed by atoms with van der Waals surface area (Å²) in [4.78, 5) is 0. The second-order valence-electron chi connectivity index (χ2n) is 5.09. The van der Waals surface area contributed by atoms with Gasteiger partial charge < -0.3 is 10.1 Å². The predicted molar refractivity (Wildman–Crippen MR) is 73.3 cm³/mol. The molecule has 0 radical (unpaired) electrons. The van der Waals surface area contributed by atoms with Gasteiger partial charge in [0.2, 0.25) is 0 Å². The Morgan fingerprint density at radius 1 is 1.28 bits per heavy atom. The summed E-state index contributed by atoms with van der Waals surface area (Å²) >= 11 is 0. The van der Waals surface area contributed by atoms with E-state index >= 15 is 0 Å². The second-order valence-corrected chi connectivity index (χ2v) is 5.09. The van der Waals surface area contributed by atoms with Gasteiger partial charge >= 0.3 is 0 Å². The highest BCUT2D eigenvalue weighted by Crippen LogP contribution is 2.23. The van der Waals surface area contributed by atoms with Crippen molar-refractivity contribution in [3.63, 3.8) is 0 Å². The van der Waals surface area contributed by atoms with E-state index in [0.717, 1.165) is 12.0 Å². The fourth-order valence-electron chi connectivity index (χ4n) is 1.51. The molecule has 0 aliphatic heterocycles. The molecule has 1 atom stereocenters. The number of para-hydroxylation sites is 1. The van der Waals surface area contributed by atoms with E-state index in [0.29, 0.717) is 30.9 Å². The maximum Gasteiger partial charge on any atom is 0.165 e. The van der Waals surface area contributed by atoms with Crippen molar-refractivity contribution in [1.82, 2.24) is 5.32 Å². The molecular formula is C15H24FNO. The summed E-state index contributed by atoms with van der Waals surface area (Å²) in [6.45, 7) is 9.54. The summed E-state index contributed by atoms with van der Waals surface area (Å²) in [7, 11) is 0. The zero-order valence-corrected chi connectivity index (χ0v) is 11.8. The molecule has 3 heteroatoms. The number of benzene rings is 1. The van der Waals surface area contributed by atoms with Crippen LogP contribution in [0.25, 0.3) is 0 Å². The van der Waals surface area contributed by atoms with Crippen LogP contribution in [-0.2, 0) is 6.54 Å². The highest BCUT2D eigenvalue weighted by atomic mass is 19.1. The Hall–Kier alpha value is -1.09. The molecule has 0 saturated carbocycles. The summed E-state index contributed by atoms with van der Waals surface area (Å²) < 4.78 is 19.4. The van der Waals surface area contributed by atoms with E-state index in [9.17, 15) is 4.39 Å². The molecule has 1 aromatic rings. The van der Waals surface area contributed by atoms with E-state index in [1.54, 1.807) is 6.07 Å². The van der Waals surface area contributed by atoms with E-state index in [4.69, 9.17) is 4.74 Å². The number of nitrogens with one attached hydrogen (secondary N) is 1. The number of hydrogen-bond donors (Lipinski definition) is 1. The zero-order chi connectivity index (χ0) is 13.5. The maximum atomic E-state index is 13.8. The lowest BCUT2D eigenvalue weighted by Crippen LogP contribution is -2.22. The number of ether oxygens (including phenoxy) is 1. The van der Waals surface area contributed by atoms with Gasteiger partial charge in [0.05, 0.1) is 6.61 Å². The summed E-state index contributed by atoms with van der Waals surface area (Å²) in [5.74, 6) is 0.558. The molecule has 0 saturated heterocycles. The molecule has 0 heterocycles. The Morgan fingerprint density at radius 3 is 2.61 bits per heavy atom. The Morgan fingerprint density at radius 2 is 2.00 bits per heavy atom. The Balaban J connectivity index is 2.73. The lowest BCUT2D eigenvalue weighted by Gasteiger charge is -2.16. The zero-order valence-electron chi connectivity index (χ0n) is 11.8. The third kappa shape index (κ3) is 4.65.